The zero-order valence-electron chi connectivity index (χ0n) is 16.9. The van der Waals surface area contributed by atoms with Gasteiger partial charge in [0.05, 0.1) is 0 Å². The van der Waals surface area contributed by atoms with Crippen molar-refractivity contribution >= 4 is 24.4 Å². The first-order valence-corrected chi connectivity index (χ1v) is 8.96. The number of hydrogen-bond acceptors (Lipinski definition) is 8. The third kappa shape index (κ3) is 4.57. The van der Waals surface area contributed by atoms with Gasteiger partial charge >= 0.3 is 11.9 Å². The Morgan fingerprint density at radius 1 is 0.821 bits per heavy atom. The molecule has 0 atom stereocenters. The van der Waals surface area contributed by atoms with E-state index in [0.717, 1.165) is 22.3 Å². The summed E-state index contributed by atoms with van der Waals surface area (Å²) in [5.41, 5.74) is 3.70. The van der Waals surface area contributed by atoms with Gasteiger partial charge in [0.15, 0.2) is 23.0 Å². The predicted molar refractivity (Wildman–Crippen MR) is 103 cm³/mol. The third-order valence-electron chi connectivity index (χ3n) is 4.22. The van der Waals surface area contributed by atoms with Gasteiger partial charge in [-0.1, -0.05) is 24.2 Å². The van der Waals surface area contributed by atoms with Crippen LogP contribution in [0.25, 0.3) is 11.5 Å². The number of furan rings is 2. The summed E-state index contributed by atoms with van der Waals surface area (Å²) in [4.78, 5) is 31.0. The standard InChI is InChI=1S/C20H24N2O6/c1-7-15-11(3)19(25-17(15)9-21-27-13(5)23)20-12(4)16(8-2)18(26-20)10-22-28-14(6)24/h9-10H,7-8H2,1-6H3/b21-9-,22-10+. The molecule has 2 aromatic heterocycles. The number of carbonyl (C=O) groups is 2. The highest BCUT2D eigenvalue weighted by molar-refractivity contribution is 5.84. The summed E-state index contributed by atoms with van der Waals surface area (Å²) in [6.07, 6.45) is 4.16. The van der Waals surface area contributed by atoms with Crippen molar-refractivity contribution in [2.24, 2.45) is 10.3 Å². The van der Waals surface area contributed by atoms with Crippen LogP contribution in [0, 0.1) is 13.8 Å². The zero-order chi connectivity index (χ0) is 20.8. The van der Waals surface area contributed by atoms with Crippen molar-refractivity contribution in [3.63, 3.8) is 0 Å². The highest BCUT2D eigenvalue weighted by Crippen LogP contribution is 2.36. The quantitative estimate of drug-likeness (QED) is 0.402. The molecule has 150 valence electrons. The van der Waals surface area contributed by atoms with Crippen molar-refractivity contribution < 1.29 is 28.1 Å². The fourth-order valence-corrected chi connectivity index (χ4v) is 2.96. The Morgan fingerprint density at radius 3 is 1.46 bits per heavy atom. The van der Waals surface area contributed by atoms with Gasteiger partial charge in [-0.25, -0.2) is 9.59 Å². The maximum absolute atomic E-state index is 10.9. The maximum atomic E-state index is 10.9. The van der Waals surface area contributed by atoms with Gasteiger partial charge in [0, 0.05) is 36.1 Å². The van der Waals surface area contributed by atoms with Crippen LogP contribution in [0.1, 0.15) is 61.5 Å². The maximum Gasteiger partial charge on any atom is 0.331 e. The van der Waals surface area contributed by atoms with Gasteiger partial charge < -0.3 is 18.5 Å². The van der Waals surface area contributed by atoms with Crippen LogP contribution >= 0.6 is 0 Å². The Hall–Kier alpha value is -3.16. The van der Waals surface area contributed by atoms with E-state index in [-0.39, 0.29) is 0 Å². The van der Waals surface area contributed by atoms with Gasteiger partial charge in [-0.05, 0) is 26.7 Å². The van der Waals surface area contributed by atoms with Gasteiger partial charge in [-0.15, -0.1) is 0 Å². The normalized spacial score (nSPS) is 11.5. The molecular formula is C20H24N2O6. The van der Waals surface area contributed by atoms with Crippen molar-refractivity contribution in [1.29, 1.82) is 0 Å². The van der Waals surface area contributed by atoms with Crippen LogP contribution in [-0.2, 0) is 32.1 Å². The van der Waals surface area contributed by atoms with Gasteiger partial charge in [0.2, 0.25) is 0 Å². The van der Waals surface area contributed by atoms with Crippen LogP contribution < -0.4 is 0 Å². The minimum Gasteiger partial charge on any atom is -0.451 e. The first kappa shape index (κ1) is 21.1. The molecule has 2 aromatic rings. The molecule has 8 nitrogen and oxygen atoms in total. The minimum absolute atomic E-state index is 0.500. The highest BCUT2D eigenvalue weighted by atomic mass is 16.7. The molecule has 0 N–H and O–H groups in total. The van der Waals surface area contributed by atoms with Crippen LogP contribution in [0.15, 0.2) is 19.1 Å². The fraction of sp³-hybridized carbons (Fsp3) is 0.400. The largest absolute Gasteiger partial charge is 0.451 e. The summed E-state index contributed by atoms with van der Waals surface area (Å²) in [7, 11) is 0. The molecule has 0 spiro atoms. The Morgan fingerprint density at radius 2 is 1.18 bits per heavy atom. The molecule has 0 fully saturated rings. The molecule has 28 heavy (non-hydrogen) atoms. The second kappa shape index (κ2) is 9.16. The molecule has 0 bridgehead atoms. The van der Waals surface area contributed by atoms with Gasteiger partial charge in [0.1, 0.15) is 12.4 Å². The summed E-state index contributed by atoms with van der Waals surface area (Å²) < 4.78 is 12.0. The average molecular weight is 388 g/mol. The first-order chi connectivity index (χ1) is 13.3. The molecule has 0 unspecified atom stereocenters. The molecule has 0 aliphatic heterocycles. The summed E-state index contributed by atoms with van der Waals surface area (Å²) in [6.45, 7) is 10.4. The first-order valence-electron chi connectivity index (χ1n) is 8.96. The van der Waals surface area contributed by atoms with E-state index in [2.05, 4.69) is 20.0 Å². The van der Waals surface area contributed by atoms with E-state index in [1.165, 1.54) is 26.3 Å². The summed E-state index contributed by atoms with van der Waals surface area (Å²) in [6, 6.07) is 0. The second-order valence-electron chi connectivity index (χ2n) is 6.14. The van der Waals surface area contributed by atoms with Crippen LogP contribution in [0.3, 0.4) is 0 Å². The number of oxime groups is 2. The lowest BCUT2D eigenvalue weighted by molar-refractivity contribution is -0.141. The van der Waals surface area contributed by atoms with Crippen molar-refractivity contribution in [3.05, 3.63) is 33.8 Å². The lowest BCUT2D eigenvalue weighted by Gasteiger charge is -1.97. The van der Waals surface area contributed by atoms with Crippen molar-refractivity contribution in [2.75, 3.05) is 0 Å². The van der Waals surface area contributed by atoms with Crippen LogP contribution in [0.4, 0.5) is 0 Å². The molecule has 0 amide bonds. The van der Waals surface area contributed by atoms with Crippen LogP contribution in [0.2, 0.25) is 0 Å². The van der Waals surface area contributed by atoms with E-state index in [0.29, 0.717) is 35.9 Å². The monoisotopic (exact) mass is 388 g/mol. The number of rotatable bonds is 7. The van der Waals surface area contributed by atoms with E-state index in [4.69, 9.17) is 8.83 Å². The molecule has 0 saturated heterocycles. The van der Waals surface area contributed by atoms with E-state index >= 15 is 0 Å². The van der Waals surface area contributed by atoms with E-state index in [1.807, 2.05) is 27.7 Å². The van der Waals surface area contributed by atoms with Gasteiger partial charge in [0.25, 0.3) is 0 Å². The van der Waals surface area contributed by atoms with Gasteiger partial charge in [-0.2, -0.15) is 0 Å². The Kier molecular flexibility index (Phi) is 6.92. The molecule has 0 radical (unpaired) electrons. The predicted octanol–water partition coefficient (Wildman–Crippen LogP) is 4.08. The average Bonchev–Trinajstić information content (AvgIpc) is 3.10. The molecular weight excluding hydrogens is 364 g/mol. The van der Waals surface area contributed by atoms with Crippen molar-refractivity contribution in [1.82, 2.24) is 0 Å². The summed E-state index contributed by atoms with van der Waals surface area (Å²) >= 11 is 0. The SMILES string of the molecule is CCc1c(/C=N\OC(C)=O)oc(-c2oc(/C=N/OC(C)=O)c(CC)c2C)c1C. The Labute approximate surface area is 163 Å². The van der Waals surface area contributed by atoms with E-state index in [1.54, 1.807) is 0 Å². The Balaban J connectivity index is 2.49. The van der Waals surface area contributed by atoms with Crippen LogP contribution in [-0.4, -0.2) is 24.4 Å². The second-order valence-corrected chi connectivity index (χ2v) is 6.14. The zero-order valence-corrected chi connectivity index (χ0v) is 16.9. The highest BCUT2D eigenvalue weighted by Gasteiger charge is 2.24. The molecule has 2 heterocycles. The fourth-order valence-electron chi connectivity index (χ4n) is 2.96. The van der Waals surface area contributed by atoms with Crippen molar-refractivity contribution in [3.8, 4) is 11.5 Å². The molecule has 0 aliphatic carbocycles. The molecule has 0 aliphatic rings. The third-order valence-corrected chi connectivity index (χ3v) is 4.22. The Bertz CT molecular complexity index is 857. The molecule has 0 saturated carbocycles. The topological polar surface area (TPSA) is 104 Å². The number of nitrogens with zero attached hydrogens (tertiary/aromatic N) is 2. The summed E-state index contributed by atoms with van der Waals surface area (Å²) in [5, 5.41) is 7.30. The summed E-state index contributed by atoms with van der Waals surface area (Å²) in [5.74, 6) is 1.12. The van der Waals surface area contributed by atoms with Gasteiger partial charge in [-0.3, -0.25) is 0 Å². The molecule has 8 heteroatoms. The lowest BCUT2D eigenvalue weighted by atomic mass is 10.0. The van der Waals surface area contributed by atoms with E-state index in [9.17, 15) is 9.59 Å². The lowest BCUT2D eigenvalue weighted by Crippen LogP contribution is -1.93. The number of carbonyl (C=O) groups excluding carboxylic acids is 2. The molecule has 2 rings (SSSR count). The smallest absolute Gasteiger partial charge is 0.331 e. The van der Waals surface area contributed by atoms with E-state index < -0.39 is 11.9 Å². The molecule has 0 aromatic carbocycles. The number of hydrogen-bond donors (Lipinski definition) is 0. The van der Waals surface area contributed by atoms with Crippen molar-refractivity contribution in [2.45, 2.75) is 54.4 Å². The minimum atomic E-state index is -0.510. The van der Waals surface area contributed by atoms with Crippen LogP contribution in [0.5, 0.6) is 0 Å².